The summed E-state index contributed by atoms with van der Waals surface area (Å²) in [5.74, 6) is 0.899. The summed E-state index contributed by atoms with van der Waals surface area (Å²) in [6, 6.07) is 11.8. The van der Waals surface area contributed by atoms with Gasteiger partial charge in [0.15, 0.2) is 0 Å². The lowest BCUT2D eigenvalue weighted by atomic mass is 10.1. The van der Waals surface area contributed by atoms with Gasteiger partial charge in [0, 0.05) is 15.6 Å². The highest BCUT2D eigenvalue weighted by Gasteiger charge is 2.60. The summed E-state index contributed by atoms with van der Waals surface area (Å²) in [6.07, 6.45) is 2.71. The average molecular weight is 266 g/mol. The number of rotatable bonds is 1. The van der Waals surface area contributed by atoms with Gasteiger partial charge in [-0.25, -0.2) is 0 Å². The zero-order valence-electron chi connectivity index (χ0n) is 9.77. The molecule has 0 bridgehead atoms. The summed E-state index contributed by atoms with van der Waals surface area (Å²) in [6.45, 7) is 2.31. The molecular weight excluding hydrogens is 250 g/mol. The largest absolute Gasteiger partial charge is 0.304 e. The third-order valence-electron chi connectivity index (χ3n) is 4.11. The number of nitrogens with one attached hydrogen (secondary N) is 1. The highest BCUT2D eigenvalue weighted by Crippen LogP contribution is 2.60. The van der Waals surface area contributed by atoms with Crippen molar-refractivity contribution in [3.63, 3.8) is 0 Å². The van der Waals surface area contributed by atoms with Gasteiger partial charge in [-0.15, -0.1) is 23.7 Å². The molecule has 1 saturated heterocycles. The van der Waals surface area contributed by atoms with Crippen LogP contribution in [-0.2, 0) is 5.54 Å². The second-order valence-electron chi connectivity index (χ2n) is 5.30. The molecule has 1 aliphatic carbocycles. The molecule has 3 heteroatoms. The van der Waals surface area contributed by atoms with Gasteiger partial charge in [-0.2, -0.15) is 0 Å². The first-order valence-corrected chi connectivity index (χ1v) is 6.86. The Bertz CT molecular complexity index is 531. The van der Waals surface area contributed by atoms with Crippen molar-refractivity contribution >= 4 is 33.8 Å². The van der Waals surface area contributed by atoms with Crippen molar-refractivity contribution in [1.29, 1.82) is 0 Å². The second kappa shape index (κ2) is 3.71. The highest BCUT2D eigenvalue weighted by molar-refractivity contribution is 7.19. The van der Waals surface area contributed by atoms with E-state index in [1.165, 1.54) is 22.9 Å². The Hall–Kier alpha value is -0.570. The maximum atomic E-state index is 3.79. The molecule has 1 aromatic carbocycles. The molecule has 1 aliphatic heterocycles. The Labute approximate surface area is 112 Å². The van der Waals surface area contributed by atoms with Gasteiger partial charge in [0.1, 0.15) is 0 Å². The van der Waals surface area contributed by atoms with Gasteiger partial charge < -0.3 is 5.32 Å². The third kappa shape index (κ3) is 1.55. The van der Waals surface area contributed by atoms with Crippen LogP contribution in [0.25, 0.3) is 10.1 Å². The summed E-state index contributed by atoms with van der Waals surface area (Å²) >= 11 is 1.97. The number of piperidine rings is 1. The van der Waals surface area contributed by atoms with Gasteiger partial charge in [-0.1, -0.05) is 18.2 Å². The van der Waals surface area contributed by atoms with Gasteiger partial charge in [-0.05, 0) is 43.2 Å². The second-order valence-corrected chi connectivity index (χ2v) is 6.39. The van der Waals surface area contributed by atoms with E-state index in [9.17, 15) is 0 Å². The van der Waals surface area contributed by atoms with Crippen LogP contribution in [0.2, 0.25) is 0 Å². The van der Waals surface area contributed by atoms with E-state index < -0.39 is 0 Å². The molecule has 1 unspecified atom stereocenters. The van der Waals surface area contributed by atoms with Crippen LogP contribution >= 0.6 is 23.7 Å². The molecule has 0 amide bonds. The summed E-state index contributed by atoms with van der Waals surface area (Å²) in [7, 11) is 0. The van der Waals surface area contributed by atoms with E-state index >= 15 is 0 Å². The molecule has 1 nitrogen and oxygen atoms in total. The fourth-order valence-electron chi connectivity index (χ4n) is 3.29. The Balaban J connectivity index is 0.000000902. The molecule has 2 aromatic rings. The molecule has 17 heavy (non-hydrogen) atoms. The van der Waals surface area contributed by atoms with Crippen molar-refractivity contribution in [2.75, 3.05) is 0 Å². The summed E-state index contributed by atoms with van der Waals surface area (Å²) < 4.78 is 1.43. The zero-order chi connectivity index (χ0) is 10.8. The molecule has 2 aliphatic rings. The maximum absolute atomic E-state index is 3.79. The third-order valence-corrected chi connectivity index (χ3v) is 5.41. The van der Waals surface area contributed by atoms with Crippen LogP contribution in [0, 0.1) is 5.92 Å². The lowest BCUT2D eigenvalue weighted by Crippen LogP contribution is -2.30. The van der Waals surface area contributed by atoms with Gasteiger partial charge in [0.25, 0.3) is 0 Å². The molecule has 3 atom stereocenters. The molecule has 90 valence electrons. The predicted molar refractivity (Wildman–Crippen MR) is 76.1 cm³/mol. The first-order chi connectivity index (χ1) is 7.78. The summed E-state index contributed by atoms with van der Waals surface area (Å²) in [5.41, 5.74) is 0.364. The molecule has 1 saturated carbocycles. The number of benzene rings is 1. The predicted octanol–water partition coefficient (Wildman–Crippen LogP) is 3.92. The minimum Gasteiger partial charge on any atom is -0.304 e. The van der Waals surface area contributed by atoms with E-state index in [0.29, 0.717) is 11.6 Å². The maximum Gasteiger partial charge on any atom is 0.0564 e. The molecule has 0 spiro atoms. The van der Waals surface area contributed by atoms with Gasteiger partial charge >= 0.3 is 0 Å². The van der Waals surface area contributed by atoms with E-state index in [0.717, 1.165) is 5.92 Å². The molecule has 4 rings (SSSR count). The Morgan fingerprint density at radius 1 is 1.35 bits per heavy atom. The van der Waals surface area contributed by atoms with Crippen molar-refractivity contribution in [1.82, 2.24) is 5.32 Å². The van der Waals surface area contributed by atoms with Crippen molar-refractivity contribution in [2.45, 2.75) is 31.3 Å². The van der Waals surface area contributed by atoms with Crippen LogP contribution in [0.15, 0.2) is 30.3 Å². The van der Waals surface area contributed by atoms with Crippen LogP contribution in [-0.4, -0.2) is 6.04 Å². The summed E-state index contributed by atoms with van der Waals surface area (Å²) in [4.78, 5) is 1.56. The van der Waals surface area contributed by atoms with Crippen LogP contribution in [0.3, 0.4) is 0 Å². The van der Waals surface area contributed by atoms with Crippen molar-refractivity contribution in [2.24, 2.45) is 5.92 Å². The minimum absolute atomic E-state index is 0. The zero-order valence-corrected chi connectivity index (χ0v) is 11.4. The lowest BCUT2D eigenvalue weighted by Gasteiger charge is -2.14. The quantitative estimate of drug-likeness (QED) is 0.824. The number of hydrogen-bond acceptors (Lipinski definition) is 2. The van der Waals surface area contributed by atoms with E-state index in [2.05, 4.69) is 42.6 Å². The molecule has 1 N–H and O–H groups in total. The number of thiophene rings is 1. The minimum atomic E-state index is 0. The normalized spacial score (nSPS) is 34.4. The van der Waals surface area contributed by atoms with Gasteiger partial charge in [0.05, 0.1) is 5.54 Å². The van der Waals surface area contributed by atoms with Crippen molar-refractivity contribution in [3.05, 3.63) is 35.2 Å². The number of hydrogen-bond donors (Lipinski definition) is 1. The Morgan fingerprint density at radius 3 is 2.88 bits per heavy atom. The molecule has 0 radical (unpaired) electrons. The fourth-order valence-corrected chi connectivity index (χ4v) is 4.60. The molecule has 1 aromatic heterocycles. The van der Waals surface area contributed by atoms with Gasteiger partial charge in [-0.3, -0.25) is 0 Å². The Morgan fingerprint density at radius 2 is 2.18 bits per heavy atom. The van der Waals surface area contributed by atoms with Gasteiger partial charge in [0.2, 0.25) is 0 Å². The first kappa shape index (κ1) is 11.5. The van der Waals surface area contributed by atoms with E-state index in [4.69, 9.17) is 0 Å². The smallest absolute Gasteiger partial charge is 0.0564 e. The molecule has 2 heterocycles. The average Bonchev–Trinajstić information content (AvgIpc) is 2.71. The topological polar surface area (TPSA) is 12.0 Å². The van der Waals surface area contributed by atoms with E-state index in [1.807, 2.05) is 11.3 Å². The molecule has 2 fully saturated rings. The van der Waals surface area contributed by atoms with Crippen LogP contribution in [0.4, 0.5) is 0 Å². The summed E-state index contributed by atoms with van der Waals surface area (Å²) in [5, 5.41) is 5.20. The van der Waals surface area contributed by atoms with Crippen LogP contribution < -0.4 is 5.32 Å². The Kier molecular flexibility index (Phi) is 2.51. The van der Waals surface area contributed by atoms with Crippen LogP contribution in [0.1, 0.15) is 24.6 Å². The molecular formula is C14H16ClNS. The monoisotopic (exact) mass is 265 g/mol. The standard InChI is InChI=1S/C14H15NS.ClH/c1-9-6-11-8-14(11,15-9)13-7-10-4-2-3-5-12(10)16-13;/h2-5,7,9,11,15H,6,8H2,1H3;1H/t9?,11-,14-;/m1./s1. The van der Waals surface area contributed by atoms with Crippen LogP contribution in [0.5, 0.6) is 0 Å². The SMILES string of the molecule is CC1C[C@@H]2C[C@@]2(c2cc3ccccc3s2)N1.Cl. The lowest BCUT2D eigenvalue weighted by molar-refractivity contribution is 0.510. The highest BCUT2D eigenvalue weighted by atomic mass is 35.5. The fraction of sp³-hybridized carbons (Fsp3) is 0.429. The number of halogens is 1. The van der Waals surface area contributed by atoms with E-state index in [1.54, 1.807) is 4.88 Å². The van der Waals surface area contributed by atoms with Crippen molar-refractivity contribution in [3.8, 4) is 0 Å². The number of fused-ring (bicyclic) bond motifs is 2. The first-order valence-electron chi connectivity index (χ1n) is 6.05. The van der Waals surface area contributed by atoms with Crippen molar-refractivity contribution < 1.29 is 0 Å². The van der Waals surface area contributed by atoms with E-state index in [-0.39, 0.29) is 12.4 Å².